The van der Waals surface area contributed by atoms with Crippen LogP contribution in [-0.2, 0) is 42.9 Å². The van der Waals surface area contributed by atoms with Crippen LogP contribution in [0.25, 0.3) is 0 Å². The van der Waals surface area contributed by atoms with Gasteiger partial charge in [0.2, 0.25) is 0 Å². The van der Waals surface area contributed by atoms with E-state index in [0.717, 1.165) is 38.2 Å². The number of hydrogen-bond acceptors (Lipinski definition) is 13. The zero-order chi connectivity index (χ0) is 28.0. The molecule has 0 aliphatic carbocycles. The summed E-state index contributed by atoms with van der Waals surface area (Å²) in [6.45, 7) is 6.11. The van der Waals surface area contributed by atoms with Crippen molar-refractivity contribution in [1.29, 1.82) is 5.26 Å². The van der Waals surface area contributed by atoms with Gasteiger partial charge >= 0.3 is 23.9 Å². The van der Waals surface area contributed by atoms with E-state index < -0.39 is 59.6 Å². The molecule has 12 nitrogen and oxygen atoms in total. The topological polar surface area (TPSA) is 163 Å². The molecule has 0 radical (unpaired) electrons. The predicted octanol–water partition coefficient (Wildman–Crippen LogP) is 2.42. The summed E-state index contributed by atoms with van der Waals surface area (Å²) in [4.78, 5) is 47.6. The SMILES string of the molecule is CC(=O)OC[C@H]1O[C@@H](SC2=C(C#N)C(c3ccco3)C=C(C)N2)[C@H](OC(C)=O)[C@@H](OC(C)=O)[C@H]1OC(C)=O. The molecule has 1 aromatic heterocycles. The standard InChI is InChI=1S/C25H28N2O10S/c1-12-9-17(19-7-6-8-32-19)18(10-26)24(27-12)38-25-23(36-16(5)31)22(35-15(4)30)21(34-14(3)29)20(37-25)11-33-13(2)28/h6-9,17,20-23,25,27H,11H2,1-5H3/t17?,20-,21+,22+,23-,25+/m1/s1. The lowest BCUT2D eigenvalue weighted by molar-refractivity contribution is -0.237. The molecule has 3 rings (SSSR count). The zero-order valence-electron chi connectivity index (χ0n) is 21.4. The molecule has 0 amide bonds. The maximum atomic E-state index is 12.1. The van der Waals surface area contributed by atoms with Crippen LogP contribution >= 0.6 is 11.8 Å². The fraction of sp³-hybridized carbons (Fsp3) is 0.480. The van der Waals surface area contributed by atoms with Gasteiger partial charge in [-0.3, -0.25) is 19.2 Å². The quantitative estimate of drug-likeness (QED) is 0.372. The van der Waals surface area contributed by atoms with Gasteiger partial charge < -0.3 is 33.4 Å². The summed E-state index contributed by atoms with van der Waals surface area (Å²) in [6, 6.07) is 5.65. The van der Waals surface area contributed by atoms with E-state index in [1.54, 1.807) is 19.1 Å². The first-order valence-electron chi connectivity index (χ1n) is 11.6. The molecule has 1 N–H and O–H groups in total. The Morgan fingerprint density at radius 1 is 1.00 bits per heavy atom. The minimum absolute atomic E-state index is 0.309. The average Bonchev–Trinajstić information content (AvgIpc) is 3.35. The Labute approximate surface area is 223 Å². The van der Waals surface area contributed by atoms with Crippen LogP contribution in [0, 0.1) is 11.3 Å². The predicted molar refractivity (Wildman–Crippen MR) is 131 cm³/mol. The van der Waals surface area contributed by atoms with Crippen LogP contribution in [-0.4, -0.2) is 60.3 Å². The molecule has 13 heteroatoms. The molecule has 0 bridgehead atoms. The molecule has 1 unspecified atom stereocenters. The van der Waals surface area contributed by atoms with Crippen molar-refractivity contribution in [2.45, 2.75) is 70.4 Å². The maximum absolute atomic E-state index is 12.1. The van der Waals surface area contributed by atoms with Crippen LogP contribution < -0.4 is 5.32 Å². The van der Waals surface area contributed by atoms with Gasteiger partial charge in [0.25, 0.3) is 0 Å². The summed E-state index contributed by atoms with van der Waals surface area (Å²) < 4.78 is 33.2. The van der Waals surface area contributed by atoms with E-state index in [4.69, 9.17) is 28.1 Å². The third-order valence-electron chi connectivity index (χ3n) is 5.44. The third-order valence-corrected chi connectivity index (χ3v) is 6.60. The second kappa shape index (κ2) is 12.7. The van der Waals surface area contributed by atoms with E-state index in [1.165, 1.54) is 13.2 Å². The fourth-order valence-electron chi connectivity index (χ4n) is 4.07. The van der Waals surface area contributed by atoms with Crippen LogP contribution in [0.4, 0.5) is 0 Å². The molecular weight excluding hydrogens is 520 g/mol. The number of carbonyl (C=O) groups excluding carboxylic acids is 4. The average molecular weight is 549 g/mol. The number of carbonyl (C=O) groups is 4. The summed E-state index contributed by atoms with van der Waals surface area (Å²) in [6.07, 6.45) is -1.60. The van der Waals surface area contributed by atoms with E-state index in [1.807, 2.05) is 6.08 Å². The summed E-state index contributed by atoms with van der Waals surface area (Å²) in [7, 11) is 0. The molecule has 1 fully saturated rings. The lowest BCUT2D eigenvalue weighted by Crippen LogP contribution is -2.61. The van der Waals surface area contributed by atoms with Crippen molar-refractivity contribution in [3.8, 4) is 6.07 Å². The molecule has 0 spiro atoms. The Kier molecular flexibility index (Phi) is 9.60. The van der Waals surface area contributed by atoms with Crippen molar-refractivity contribution in [2.24, 2.45) is 0 Å². The lowest BCUT2D eigenvalue weighted by atomic mass is 9.95. The number of rotatable bonds is 8. The van der Waals surface area contributed by atoms with Crippen molar-refractivity contribution in [3.05, 3.63) is 46.5 Å². The minimum atomic E-state index is -1.31. The van der Waals surface area contributed by atoms with Crippen molar-refractivity contribution >= 4 is 35.6 Å². The molecule has 2 aliphatic rings. The summed E-state index contributed by atoms with van der Waals surface area (Å²) in [5.41, 5.74) is -0.0495. The molecule has 204 valence electrons. The Balaban J connectivity index is 2.05. The molecule has 0 aromatic carbocycles. The van der Waals surface area contributed by atoms with E-state index >= 15 is 0 Å². The highest BCUT2D eigenvalue weighted by Crippen LogP contribution is 2.41. The first-order chi connectivity index (χ1) is 18.0. The van der Waals surface area contributed by atoms with Crippen molar-refractivity contribution in [1.82, 2.24) is 5.32 Å². The van der Waals surface area contributed by atoms with E-state index in [0.29, 0.717) is 16.4 Å². The maximum Gasteiger partial charge on any atom is 0.303 e. The van der Waals surface area contributed by atoms with Gasteiger partial charge in [0.1, 0.15) is 18.5 Å². The number of dihydropyridines is 1. The van der Waals surface area contributed by atoms with Gasteiger partial charge in [-0.15, -0.1) is 0 Å². The van der Waals surface area contributed by atoms with Crippen LogP contribution in [0.3, 0.4) is 0 Å². The number of nitriles is 1. The van der Waals surface area contributed by atoms with Gasteiger partial charge in [-0.05, 0) is 25.1 Å². The normalized spacial score (nSPS) is 26.8. The number of esters is 4. The number of nitrogens with zero attached hydrogens (tertiary/aromatic N) is 1. The third kappa shape index (κ3) is 7.17. The monoisotopic (exact) mass is 548 g/mol. The number of furan rings is 1. The van der Waals surface area contributed by atoms with Gasteiger partial charge in [-0.2, -0.15) is 5.26 Å². The Hall–Kier alpha value is -3.76. The Morgan fingerprint density at radius 3 is 2.18 bits per heavy atom. The van der Waals surface area contributed by atoms with Crippen molar-refractivity contribution in [3.63, 3.8) is 0 Å². The Morgan fingerprint density at radius 2 is 1.63 bits per heavy atom. The van der Waals surface area contributed by atoms with Crippen molar-refractivity contribution < 1.29 is 47.3 Å². The summed E-state index contributed by atoms with van der Waals surface area (Å²) in [5.74, 6) is -2.73. The number of ether oxygens (including phenoxy) is 5. The highest BCUT2D eigenvalue weighted by atomic mass is 32.2. The molecule has 2 aliphatic heterocycles. The minimum Gasteiger partial charge on any atom is -0.468 e. The van der Waals surface area contributed by atoms with Crippen molar-refractivity contribution in [2.75, 3.05) is 6.61 Å². The summed E-state index contributed by atoms with van der Waals surface area (Å²) >= 11 is 1.01. The summed E-state index contributed by atoms with van der Waals surface area (Å²) in [5, 5.41) is 13.5. The molecule has 38 heavy (non-hydrogen) atoms. The second-order valence-corrected chi connectivity index (χ2v) is 9.62. The molecular formula is C25H28N2O10S. The van der Waals surface area contributed by atoms with Crippen LogP contribution in [0.2, 0.25) is 0 Å². The largest absolute Gasteiger partial charge is 0.468 e. The zero-order valence-corrected chi connectivity index (χ0v) is 22.2. The Bertz CT molecular complexity index is 1170. The molecule has 3 heterocycles. The van der Waals surface area contributed by atoms with Gasteiger partial charge in [-0.1, -0.05) is 11.8 Å². The molecule has 1 aromatic rings. The highest BCUT2D eigenvalue weighted by Gasteiger charge is 2.53. The van der Waals surface area contributed by atoms with Crippen LogP contribution in [0.15, 0.2) is 45.2 Å². The van der Waals surface area contributed by atoms with E-state index in [9.17, 15) is 24.4 Å². The first kappa shape index (κ1) is 28.8. The van der Waals surface area contributed by atoms with Crippen LogP contribution in [0.1, 0.15) is 46.3 Å². The molecule has 0 saturated carbocycles. The van der Waals surface area contributed by atoms with Gasteiger partial charge in [0, 0.05) is 33.4 Å². The number of hydrogen-bond donors (Lipinski definition) is 1. The van der Waals surface area contributed by atoms with Gasteiger partial charge in [0.05, 0.1) is 28.9 Å². The smallest absolute Gasteiger partial charge is 0.303 e. The van der Waals surface area contributed by atoms with Crippen LogP contribution in [0.5, 0.6) is 0 Å². The first-order valence-corrected chi connectivity index (χ1v) is 12.5. The number of allylic oxidation sites excluding steroid dienone is 3. The van der Waals surface area contributed by atoms with Gasteiger partial charge in [-0.25, -0.2) is 0 Å². The highest BCUT2D eigenvalue weighted by molar-refractivity contribution is 8.03. The van der Waals surface area contributed by atoms with Gasteiger partial charge in [0.15, 0.2) is 23.7 Å². The number of nitrogens with one attached hydrogen (secondary N) is 1. The molecule has 6 atom stereocenters. The molecule has 1 saturated heterocycles. The fourth-order valence-corrected chi connectivity index (χ4v) is 5.36. The van der Waals surface area contributed by atoms with E-state index in [2.05, 4.69) is 11.4 Å². The second-order valence-electron chi connectivity index (χ2n) is 8.51. The van der Waals surface area contributed by atoms with E-state index in [-0.39, 0.29) is 6.61 Å². The number of thioether (sulfide) groups is 1. The lowest BCUT2D eigenvalue weighted by Gasteiger charge is -2.44.